The third kappa shape index (κ3) is 2.87. The number of nitrogens with zero attached hydrogens (tertiary/aromatic N) is 2. The molecule has 21 heavy (non-hydrogen) atoms. The predicted molar refractivity (Wildman–Crippen MR) is 80.9 cm³/mol. The van der Waals surface area contributed by atoms with Crippen LogP contribution in [0.5, 0.6) is 0 Å². The summed E-state index contributed by atoms with van der Waals surface area (Å²) in [6.45, 7) is 2.23. The smallest absolute Gasteiger partial charge is 0.258 e. The molecule has 0 saturated heterocycles. The first-order chi connectivity index (χ1) is 9.98. The van der Waals surface area contributed by atoms with Crippen molar-refractivity contribution in [2.75, 3.05) is 0 Å². The monoisotopic (exact) mass is 353 g/mol. The van der Waals surface area contributed by atoms with Gasteiger partial charge in [0.1, 0.15) is 5.82 Å². The number of hydrogen-bond acceptors (Lipinski definition) is 4. The molecule has 3 rings (SSSR count). The van der Waals surface area contributed by atoms with Crippen molar-refractivity contribution in [2.45, 2.75) is 38.1 Å². The Morgan fingerprint density at radius 2 is 2.10 bits per heavy atom. The van der Waals surface area contributed by atoms with Gasteiger partial charge in [-0.25, -0.2) is 4.39 Å². The Hall–Kier alpha value is -1.27. The molecule has 1 heterocycles. The van der Waals surface area contributed by atoms with Crippen LogP contribution in [0, 0.1) is 11.7 Å². The molecule has 4 nitrogen and oxygen atoms in total. The van der Waals surface area contributed by atoms with E-state index >= 15 is 0 Å². The van der Waals surface area contributed by atoms with Crippen molar-refractivity contribution in [2.24, 2.45) is 11.7 Å². The zero-order valence-corrected chi connectivity index (χ0v) is 13.4. The largest absolute Gasteiger partial charge is 0.334 e. The Balaban J connectivity index is 1.87. The van der Waals surface area contributed by atoms with Crippen LogP contribution in [-0.2, 0) is 5.54 Å². The minimum atomic E-state index is -0.526. The van der Waals surface area contributed by atoms with Crippen molar-refractivity contribution in [3.05, 3.63) is 34.3 Å². The summed E-state index contributed by atoms with van der Waals surface area (Å²) in [6.07, 6.45) is 3.82. The van der Waals surface area contributed by atoms with Crippen LogP contribution in [0.2, 0.25) is 0 Å². The molecule has 0 aliphatic heterocycles. The fourth-order valence-corrected chi connectivity index (χ4v) is 2.92. The van der Waals surface area contributed by atoms with Crippen LogP contribution in [0.15, 0.2) is 27.2 Å². The number of halogens is 2. The lowest BCUT2D eigenvalue weighted by Gasteiger charge is -2.33. The van der Waals surface area contributed by atoms with Gasteiger partial charge in [-0.3, -0.25) is 0 Å². The van der Waals surface area contributed by atoms with Gasteiger partial charge in [-0.1, -0.05) is 12.1 Å². The summed E-state index contributed by atoms with van der Waals surface area (Å²) in [4.78, 5) is 4.39. The van der Waals surface area contributed by atoms with Gasteiger partial charge < -0.3 is 10.3 Å². The Morgan fingerprint density at radius 1 is 1.38 bits per heavy atom. The van der Waals surface area contributed by atoms with Crippen molar-refractivity contribution in [3.63, 3.8) is 0 Å². The van der Waals surface area contributed by atoms with Crippen molar-refractivity contribution in [1.29, 1.82) is 0 Å². The quantitative estimate of drug-likeness (QED) is 0.885. The van der Waals surface area contributed by atoms with E-state index in [4.69, 9.17) is 10.3 Å². The molecule has 1 aliphatic carbocycles. The average Bonchev–Trinajstić information content (AvgIpc) is 2.96. The maximum absolute atomic E-state index is 13.6. The van der Waals surface area contributed by atoms with Crippen LogP contribution >= 0.6 is 15.9 Å². The Morgan fingerprint density at radius 3 is 2.76 bits per heavy atom. The van der Waals surface area contributed by atoms with Gasteiger partial charge in [0.2, 0.25) is 0 Å². The Labute approximate surface area is 131 Å². The van der Waals surface area contributed by atoms with Crippen molar-refractivity contribution < 1.29 is 8.91 Å². The second-order valence-corrected chi connectivity index (χ2v) is 6.75. The van der Waals surface area contributed by atoms with Crippen LogP contribution in [0.4, 0.5) is 4.39 Å². The first kappa shape index (κ1) is 14.7. The summed E-state index contributed by atoms with van der Waals surface area (Å²) in [5.74, 6) is 1.15. The number of hydrogen-bond donors (Lipinski definition) is 1. The van der Waals surface area contributed by atoms with Gasteiger partial charge in [0.25, 0.3) is 5.89 Å². The first-order valence-electron chi connectivity index (χ1n) is 7.06. The third-order valence-electron chi connectivity index (χ3n) is 4.20. The van der Waals surface area contributed by atoms with Gasteiger partial charge in [-0.15, -0.1) is 0 Å². The van der Waals surface area contributed by atoms with E-state index in [-0.39, 0.29) is 5.82 Å². The molecular weight excluding hydrogens is 337 g/mol. The molecule has 1 aliphatic rings. The highest BCUT2D eigenvalue weighted by molar-refractivity contribution is 9.10. The predicted octanol–water partition coefficient (Wildman–Crippen LogP) is 4.00. The number of nitrogens with two attached hydrogens (primary N) is 1. The van der Waals surface area contributed by atoms with Crippen molar-refractivity contribution in [3.8, 4) is 11.5 Å². The zero-order chi connectivity index (χ0) is 15.0. The molecule has 112 valence electrons. The van der Waals surface area contributed by atoms with E-state index in [1.807, 2.05) is 0 Å². The molecule has 0 spiro atoms. The van der Waals surface area contributed by atoms with E-state index in [0.29, 0.717) is 27.7 Å². The van der Waals surface area contributed by atoms with Crippen LogP contribution in [0.3, 0.4) is 0 Å². The fourth-order valence-electron chi connectivity index (χ4n) is 2.67. The molecule has 1 saturated carbocycles. The second kappa shape index (κ2) is 5.50. The van der Waals surface area contributed by atoms with Crippen molar-refractivity contribution in [1.82, 2.24) is 10.1 Å². The molecule has 0 atom stereocenters. The SMILES string of the molecule is CC1CCC(N)(c2noc(-c3ccc(Br)c(F)c3)n2)CC1. The molecule has 1 aromatic carbocycles. The van der Waals surface area contributed by atoms with E-state index in [9.17, 15) is 4.39 Å². The van der Waals surface area contributed by atoms with E-state index in [1.54, 1.807) is 12.1 Å². The summed E-state index contributed by atoms with van der Waals surface area (Å²) < 4.78 is 19.3. The highest BCUT2D eigenvalue weighted by Crippen LogP contribution is 2.36. The van der Waals surface area contributed by atoms with Gasteiger partial charge in [0.15, 0.2) is 5.82 Å². The summed E-state index contributed by atoms with van der Waals surface area (Å²) in [6, 6.07) is 4.72. The maximum atomic E-state index is 13.6. The van der Waals surface area contributed by atoms with Crippen LogP contribution in [-0.4, -0.2) is 10.1 Å². The molecular formula is C15H17BrFN3O. The minimum absolute atomic E-state index is 0.305. The Kier molecular flexibility index (Phi) is 3.84. The van der Waals surface area contributed by atoms with E-state index < -0.39 is 5.54 Å². The van der Waals surface area contributed by atoms with E-state index in [1.165, 1.54) is 6.07 Å². The van der Waals surface area contributed by atoms with Gasteiger partial charge in [0, 0.05) is 5.56 Å². The van der Waals surface area contributed by atoms with Crippen LogP contribution in [0.1, 0.15) is 38.4 Å². The maximum Gasteiger partial charge on any atom is 0.258 e. The third-order valence-corrected chi connectivity index (χ3v) is 4.85. The minimum Gasteiger partial charge on any atom is -0.334 e. The van der Waals surface area contributed by atoms with Gasteiger partial charge in [-0.05, 0) is 65.7 Å². The summed E-state index contributed by atoms with van der Waals surface area (Å²) in [5.41, 5.74) is 6.45. The number of benzene rings is 1. The highest BCUT2D eigenvalue weighted by Gasteiger charge is 2.36. The molecule has 1 aromatic heterocycles. The van der Waals surface area contributed by atoms with Gasteiger partial charge in [-0.2, -0.15) is 4.98 Å². The zero-order valence-electron chi connectivity index (χ0n) is 11.8. The van der Waals surface area contributed by atoms with Gasteiger partial charge >= 0.3 is 0 Å². The summed E-state index contributed by atoms with van der Waals surface area (Å²) in [7, 11) is 0. The molecule has 0 radical (unpaired) electrons. The topological polar surface area (TPSA) is 64.9 Å². The van der Waals surface area contributed by atoms with E-state index in [2.05, 4.69) is 33.0 Å². The molecule has 2 aromatic rings. The average molecular weight is 354 g/mol. The van der Waals surface area contributed by atoms with Crippen LogP contribution < -0.4 is 5.73 Å². The first-order valence-corrected chi connectivity index (χ1v) is 7.86. The normalized spacial score (nSPS) is 26.0. The number of aromatic nitrogens is 2. The fraction of sp³-hybridized carbons (Fsp3) is 0.467. The van der Waals surface area contributed by atoms with Gasteiger partial charge in [0.05, 0.1) is 10.0 Å². The summed E-state index contributed by atoms with van der Waals surface area (Å²) in [5, 5.41) is 4.02. The lowest BCUT2D eigenvalue weighted by atomic mass is 9.77. The molecule has 0 amide bonds. The van der Waals surface area contributed by atoms with Crippen molar-refractivity contribution >= 4 is 15.9 Å². The summed E-state index contributed by atoms with van der Waals surface area (Å²) >= 11 is 3.12. The molecule has 6 heteroatoms. The molecule has 0 unspecified atom stereocenters. The van der Waals surface area contributed by atoms with E-state index in [0.717, 1.165) is 25.7 Å². The van der Waals surface area contributed by atoms with Crippen LogP contribution in [0.25, 0.3) is 11.5 Å². The molecule has 0 bridgehead atoms. The lowest BCUT2D eigenvalue weighted by molar-refractivity contribution is 0.230. The lowest BCUT2D eigenvalue weighted by Crippen LogP contribution is -2.41. The Bertz CT molecular complexity index is 650. The second-order valence-electron chi connectivity index (χ2n) is 5.89. The molecule has 2 N–H and O–H groups in total. The standard InChI is InChI=1S/C15H17BrFN3O/c1-9-4-6-15(18,7-5-9)14-19-13(21-20-14)10-2-3-11(16)12(17)8-10/h2-3,8-9H,4-7,18H2,1H3. The highest BCUT2D eigenvalue weighted by atomic mass is 79.9. The number of rotatable bonds is 2. The molecule has 1 fully saturated rings.